The van der Waals surface area contributed by atoms with Gasteiger partial charge in [0.25, 0.3) is 5.91 Å². The minimum atomic E-state index is -0.0453. The van der Waals surface area contributed by atoms with Gasteiger partial charge in [-0.1, -0.05) is 60.7 Å². The fourth-order valence-electron chi connectivity index (χ4n) is 3.87. The first-order valence-corrected chi connectivity index (χ1v) is 10.0. The second-order valence-electron chi connectivity index (χ2n) is 7.62. The molecule has 0 unspecified atom stereocenters. The van der Waals surface area contributed by atoms with E-state index in [4.69, 9.17) is 0 Å². The topological polar surface area (TPSA) is 34.0 Å². The van der Waals surface area contributed by atoms with E-state index in [-0.39, 0.29) is 11.9 Å². The lowest BCUT2D eigenvalue weighted by atomic mass is 10.1. The molecule has 3 nitrogen and oxygen atoms in total. The molecule has 4 aromatic rings. The van der Waals surface area contributed by atoms with Crippen molar-refractivity contribution < 1.29 is 4.79 Å². The van der Waals surface area contributed by atoms with Crippen LogP contribution in [-0.2, 0) is 6.54 Å². The molecule has 0 aliphatic heterocycles. The molecule has 1 heterocycles. The summed E-state index contributed by atoms with van der Waals surface area (Å²) in [5.74, 6) is -0.0453. The molecule has 0 saturated carbocycles. The fraction of sp³-hybridized carbons (Fsp3) is 0.192. The van der Waals surface area contributed by atoms with Crippen molar-refractivity contribution in [2.75, 3.05) is 0 Å². The highest BCUT2D eigenvalue weighted by molar-refractivity contribution is 5.99. The Balaban J connectivity index is 1.62. The maximum Gasteiger partial charge on any atom is 0.251 e. The van der Waals surface area contributed by atoms with E-state index in [2.05, 4.69) is 54.1 Å². The summed E-state index contributed by atoms with van der Waals surface area (Å²) in [4.78, 5) is 12.8. The van der Waals surface area contributed by atoms with Crippen LogP contribution in [0.2, 0.25) is 0 Å². The van der Waals surface area contributed by atoms with Crippen LogP contribution in [0.4, 0.5) is 0 Å². The maximum atomic E-state index is 12.8. The molecule has 3 aromatic carbocycles. The highest BCUT2D eigenvalue weighted by Gasteiger charge is 2.16. The van der Waals surface area contributed by atoms with Gasteiger partial charge in [0.15, 0.2) is 0 Å². The van der Waals surface area contributed by atoms with E-state index >= 15 is 0 Å². The van der Waals surface area contributed by atoms with E-state index in [9.17, 15) is 4.79 Å². The third-order valence-corrected chi connectivity index (χ3v) is 5.73. The van der Waals surface area contributed by atoms with E-state index < -0.39 is 0 Å². The Morgan fingerprint density at radius 2 is 1.59 bits per heavy atom. The summed E-state index contributed by atoms with van der Waals surface area (Å²) >= 11 is 0. The SMILES string of the molecule is Cc1c(C)n(Cc2ccccc2)c2ccc(C(=O)N[C@@H](C)c3ccccc3)cc12. The Hall–Kier alpha value is -3.33. The zero-order valence-electron chi connectivity index (χ0n) is 17.1. The van der Waals surface area contributed by atoms with Crippen LogP contribution in [0.5, 0.6) is 0 Å². The van der Waals surface area contributed by atoms with Crippen LogP contribution < -0.4 is 5.32 Å². The second kappa shape index (κ2) is 7.96. The van der Waals surface area contributed by atoms with Gasteiger partial charge in [0.2, 0.25) is 0 Å². The standard InChI is InChI=1S/C26H26N2O/c1-18-20(3)28(17-21-10-6-4-7-11-21)25-15-14-23(16-24(18)25)26(29)27-19(2)22-12-8-5-9-13-22/h4-16,19H,17H2,1-3H3,(H,27,29)/t19-/m0/s1. The highest BCUT2D eigenvalue weighted by Crippen LogP contribution is 2.27. The first kappa shape index (κ1) is 19.0. The number of carbonyl (C=O) groups excluding carboxylic acids is 1. The average Bonchev–Trinajstić information content (AvgIpc) is 2.99. The Labute approximate surface area is 172 Å². The van der Waals surface area contributed by atoms with Gasteiger partial charge in [-0.15, -0.1) is 0 Å². The molecule has 0 aliphatic carbocycles. The van der Waals surface area contributed by atoms with Crippen molar-refractivity contribution in [2.24, 2.45) is 0 Å². The number of aryl methyl sites for hydroxylation is 1. The summed E-state index contributed by atoms with van der Waals surface area (Å²) in [6, 6.07) is 26.5. The molecule has 3 heteroatoms. The van der Waals surface area contributed by atoms with Gasteiger partial charge in [0.1, 0.15) is 0 Å². The van der Waals surface area contributed by atoms with Gasteiger partial charge in [-0.05, 0) is 55.7 Å². The van der Waals surface area contributed by atoms with Crippen LogP contribution in [0.25, 0.3) is 10.9 Å². The number of amides is 1. The van der Waals surface area contributed by atoms with Crippen molar-refractivity contribution in [1.82, 2.24) is 9.88 Å². The number of hydrogen-bond acceptors (Lipinski definition) is 1. The van der Waals surface area contributed by atoms with E-state index in [1.165, 1.54) is 16.8 Å². The van der Waals surface area contributed by atoms with Crippen molar-refractivity contribution in [3.63, 3.8) is 0 Å². The summed E-state index contributed by atoms with van der Waals surface area (Å²) in [6.07, 6.45) is 0. The first-order chi connectivity index (χ1) is 14.0. The number of fused-ring (bicyclic) bond motifs is 1. The number of nitrogens with one attached hydrogen (secondary N) is 1. The molecule has 1 atom stereocenters. The summed E-state index contributed by atoms with van der Waals surface area (Å²) in [5, 5.41) is 4.25. The van der Waals surface area contributed by atoms with Gasteiger partial charge in [-0.25, -0.2) is 0 Å². The lowest BCUT2D eigenvalue weighted by Crippen LogP contribution is -2.26. The molecule has 0 radical (unpaired) electrons. The molecule has 0 aliphatic rings. The maximum absolute atomic E-state index is 12.8. The van der Waals surface area contributed by atoms with Gasteiger partial charge in [-0.2, -0.15) is 0 Å². The van der Waals surface area contributed by atoms with E-state index in [1.54, 1.807) is 0 Å². The number of carbonyl (C=O) groups is 1. The van der Waals surface area contributed by atoms with Gasteiger partial charge in [0, 0.05) is 28.7 Å². The van der Waals surface area contributed by atoms with Crippen molar-refractivity contribution in [3.05, 3.63) is 107 Å². The Morgan fingerprint density at radius 3 is 2.28 bits per heavy atom. The summed E-state index contributed by atoms with van der Waals surface area (Å²) in [7, 11) is 0. The fourth-order valence-corrected chi connectivity index (χ4v) is 3.87. The normalized spacial score (nSPS) is 12.1. The van der Waals surface area contributed by atoms with E-state index in [0.717, 1.165) is 23.0 Å². The van der Waals surface area contributed by atoms with Crippen LogP contribution >= 0.6 is 0 Å². The average molecular weight is 383 g/mol. The van der Waals surface area contributed by atoms with Gasteiger partial charge >= 0.3 is 0 Å². The summed E-state index contributed by atoms with van der Waals surface area (Å²) in [5.41, 5.74) is 6.69. The largest absolute Gasteiger partial charge is 0.346 e. The van der Waals surface area contributed by atoms with Gasteiger partial charge in [0.05, 0.1) is 6.04 Å². The molecule has 1 amide bonds. The van der Waals surface area contributed by atoms with Crippen LogP contribution in [0.15, 0.2) is 78.9 Å². The minimum Gasteiger partial charge on any atom is -0.346 e. The zero-order valence-corrected chi connectivity index (χ0v) is 17.1. The minimum absolute atomic E-state index is 0.0371. The molecule has 1 aromatic heterocycles. The van der Waals surface area contributed by atoms with E-state index in [0.29, 0.717) is 5.56 Å². The predicted octanol–water partition coefficient (Wildman–Crippen LogP) is 5.80. The second-order valence-corrected chi connectivity index (χ2v) is 7.62. The number of nitrogens with zero attached hydrogens (tertiary/aromatic N) is 1. The van der Waals surface area contributed by atoms with Gasteiger partial charge in [-0.3, -0.25) is 4.79 Å². The Morgan fingerprint density at radius 1 is 0.931 bits per heavy atom. The summed E-state index contributed by atoms with van der Waals surface area (Å²) < 4.78 is 2.33. The molecule has 29 heavy (non-hydrogen) atoms. The van der Waals surface area contributed by atoms with Crippen molar-refractivity contribution in [3.8, 4) is 0 Å². The van der Waals surface area contributed by atoms with E-state index in [1.807, 2.05) is 55.5 Å². The molecular weight excluding hydrogens is 356 g/mol. The lowest BCUT2D eigenvalue weighted by molar-refractivity contribution is 0.0940. The third kappa shape index (κ3) is 3.81. The Bertz CT molecular complexity index is 1140. The molecule has 0 bridgehead atoms. The number of hydrogen-bond donors (Lipinski definition) is 1. The Kier molecular flexibility index (Phi) is 5.22. The first-order valence-electron chi connectivity index (χ1n) is 10.0. The third-order valence-electron chi connectivity index (χ3n) is 5.73. The van der Waals surface area contributed by atoms with Crippen molar-refractivity contribution in [2.45, 2.75) is 33.4 Å². The van der Waals surface area contributed by atoms with Crippen LogP contribution in [0.3, 0.4) is 0 Å². The zero-order chi connectivity index (χ0) is 20.4. The van der Waals surface area contributed by atoms with Crippen molar-refractivity contribution >= 4 is 16.8 Å². The monoisotopic (exact) mass is 382 g/mol. The van der Waals surface area contributed by atoms with Crippen LogP contribution in [0.1, 0.15) is 45.7 Å². The smallest absolute Gasteiger partial charge is 0.251 e. The van der Waals surface area contributed by atoms with Gasteiger partial charge < -0.3 is 9.88 Å². The molecule has 0 spiro atoms. The molecule has 0 fully saturated rings. The highest BCUT2D eigenvalue weighted by atomic mass is 16.1. The molecule has 1 N–H and O–H groups in total. The number of rotatable bonds is 5. The number of benzene rings is 3. The molecule has 0 saturated heterocycles. The molecule has 4 rings (SSSR count). The number of aromatic nitrogens is 1. The quantitative estimate of drug-likeness (QED) is 0.465. The van der Waals surface area contributed by atoms with Crippen LogP contribution in [0, 0.1) is 13.8 Å². The van der Waals surface area contributed by atoms with Crippen LogP contribution in [-0.4, -0.2) is 10.5 Å². The summed E-state index contributed by atoms with van der Waals surface area (Å²) in [6.45, 7) is 7.12. The van der Waals surface area contributed by atoms with Crippen molar-refractivity contribution in [1.29, 1.82) is 0 Å². The molecular formula is C26H26N2O. The lowest BCUT2D eigenvalue weighted by Gasteiger charge is -2.14. The molecule has 146 valence electrons. The predicted molar refractivity (Wildman–Crippen MR) is 119 cm³/mol.